The Morgan fingerprint density at radius 1 is 1.44 bits per heavy atom. The molecule has 1 saturated heterocycles. The number of piperidine rings is 1. The molecule has 1 aliphatic heterocycles. The summed E-state index contributed by atoms with van der Waals surface area (Å²) in [4.78, 5) is 6.50. The van der Waals surface area contributed by atoms with E-state index in [1.807, 2.05) is 23.1 Å². The first kappa shape index (κ1) is 11.3. The van der Waals surface area contributed by atoms with Crippen molar-refractivity contribution in [2.45, 2.75) is 25.3 Å². The van der Waals surface area contributed by atoms with Gasteiger partial charge in [0.1, 0.15) is 5.52 Å². The van der Waals surface area contributed by atoms with E-state index < -0.39 is 0 Å². The summed E-state index contributed by atoms with van der Waals surface area (Å²) in [5.41, 5.74) is 7.91. The van der Waals surface area contributed by atoms with Gasteiger partial charge in [-0.15, -0.1) is 0 Å². The molecule has 5 heteroatoms. The quantitative estimate of drug-likeness (QED) is 0.791. The molecule has 0 spiro atoms. The van der Waals surface area contributed by atoms with E-state index in [4.69, 9.17) is 10.2 Å². The summed E-state index contributed by atoms with van der Waals surface area (Å²) in [6.45, 7) is 1.01. The molecule has 3 N–H and O–H groups in total. The maximum Gasteiger partial charge on any atom is 0.298 e. The van der Waals surface area contributed by atoms with Crippen LogP contribution in [0.4, 0.5) is 11.7 Å². The van der Waals surface area contributed by atoms with E-state index in [0.717, 1.165) is 25.8 Å². The summed E-state index contributed by atoms with van der Waals surface area (Å²) in [6.07, 6.45) is 3.22. The third-order valence-electron chi connectivity index (χ3n) is 3.52. The van der Waals surface area contributed by atoms with Gasteiger partial charge in [-0.2, -0.15) is 4.98 Å². The van der Waals surface area contributed by atoms with Gasteiger partial charge in [-0.3, -0.25) is 0 Å². The summed E-state index contributed by atoms with van der Waals surface area (Å²) in [5, 5.41) is 9.42. The van der Waals surface area contributed by atoms with E-state index in [1.165, 1.54) is 0 Å². The van der Waals surface area contributed by atoms with Gasteiger partial charge < -0.3 is 20.2 Å². The number of rotatable bonds is 2. The Morgan fingerprint density at radius 2 is 2.33 bits per heavy atom. The van der Waals surface area contributed by atoms with Crippen LogP contribution < -0.4 is 10.6 Å². The van der Waals surface area contributed by atoms with Crippen LogP contribution in [-0.4, -0.2) is 29.3 Å². The molecule has 2 aromatic rings. The number of fused-ring (bicyclic) bond motifs is 1. The lowest BCUT2D eigenvalue weighted by Gasteiger charge is -2.33. The van der Waals surface area contributed by atoms with Gasteiger partial charge in [0, 0.05) is 6.54 Å². The van der Waals surface area contributed by atoms with Crippen LogP contribution in [0.3, 0.4) is 0 Å². The number of para-hydroxylation sites is 1. The average molecular weight is 247 g/mol. The van der Waals surface area contributed by atoms with E-state index in [1.54, 1.807) is 0 Å². The highest BCUT2D eigenvalue weighted by Gasteiger charge is 2.25. The number of aromatic nitrogens is 1. The molecule has 0 saturated carbocycles. The van der Waals surface area contributed by atoms with Crippen LogP contribution in [0, 0.1) is 0 Å². The molecule has 0 radical (unpaired) electrons. The molecule has 1 aromatic heterocycles. The first-order valence-corrected chi connectivity index (χ1v) is 6.32. The van der Waals surface area contributed by atoms with E-state index in [0.29, 0.717) is 22.8 Å². The molecule has 1 fully saturated rings. The van der Waals surface area contributed by atoms with Crippen molar-refractivity contribution in [2.24, 2.45) is 0 Å². The zero-order valence-corrected chi connectivity index (χ0v) is 10.2. The first-order valence-electron chi connectivity index (χ1n) is 6.32. The van der Waals surface area contributed by atoms with Crippen LogP contribution in [0.2, 0.25) is 0 Å². The summed E-state index contributed by atoms with van der Waals surface area (Å²) in [5.74, 6) is 0. The topological polar surface area (TPSA) is 75.5 Å². The molecule has 1 aliphatic rings. The predicted molar refractivity (Wildman–Crippen MR) is 70.5 cm³/mol. The molecule has 0 amide bonds. The van der Waals surface area contributed by atoms with Crippen molar-refractivity contribution in [3.8, 4) is 0 Å². The monoisotopic (exact) mass is 247 g/mol. The van der Waals surface area contributed by atoms with Crippen LogP contribution >= 0.6 is 0 Å². The molecule has 1 aromatic carbocycles. The van der Waals surface area contributed by atoms with Gasteiger partial charge in [-0.05, 0) is 31.4 Å². The van der Waals surface area contributed by atoms with Crippen molar-refractivity contribution in [1.82, 2.24) is 4.98 Å². The highest BCUT2D eigenvalue weighted by molar-refractivity contribution is 5.86. The van der Waals surface area contributed by atoms with Gasteiger partial charge in [0.2, 0.25) is 0 Å². The molecular formula is C13H17N3O2. The third kappa shape index (κ3) is 1.80. The minimum atomic E-state index is 0.105. The van der Waals surface area contributed by atoms with E-state index >= 15 is 0 Å². The maximum absolute atomic E-state index is 9.42. The fourth-order valence-corrected chi connectivity index (χ4v) is 2.52. The number of nitrogens with two attached hydrogens (primary N) is 1. The Hall–Kier alpha value is -1.75. The van der Waals surface area contributed by atoms with Gasteiger partial charge in [-0.25, -0.2) is 0 Å². The SMILES string of the molecule is Nc1cccc2oc(N3CCCCC3CO)nc12. The van der Waals surface area contributed by atoms with E-state index in [-0.39, 0.29) is 12.6 Å². The lowest BCUT2D eigenvalue weighted by atomic mass is 10.0. The third-order valence-corrected chi connectivity index (χ3v) is 3.52. The number of aliphatic hydroxyl groups is 1. The summed E-state index contributed by atoms with van der Waals surface area (Å²) >= 11 is 0. The Bertz CT molecular complexity index is 552. The number of benzene rings is 1. The average Bonchev–Trinajstić information content (AvgIpc) is 2.84. The van der Waals surface area contributed by atoms with Crippen molar-refractivity contribution in [1.29, 1.82) is 0 Å². The van der Waals surface area contributed by atoms with Crippen LogP contribution in [-0.2, 0) is 0 Å². The molecule has 96 valence electrons. The van der Waals surface area contributed by atoms with Crippen molar-refractivity contribution in [2.75, 3.05) is 23.8 Å². The molecule has 1 unspecified atom stereocenters. The highest BCUT2D eigenvalue weighted by Crippen LogP contribution is 2.29. The molecule has 1 atom stereocenters. The van der Waals surface area contributed by atoms with Gasteiger partial charge in [0.25, 0.3) is 6.01 Å². The lowest BCUT2D eigenvalue weighted by molar-refractivity contribution is 0.235. The minimum absolute atomic E-state index is 0.105. The normalized spacial score (nSPS) is 20.5. The van der Waals surface area contributed by atoms with Crippen molar-refractivity contribution < 1.29 is 9.52 Å². The predicted octanol–water partition coefficient (Wildman–Crippen LogP) is 1.76. The number of nitrogens with zero attached hydrogens (tertiary/aromatic N) is 2. The summed E-state index contributed by atoms with van der Waals surface area (Å²) in [6, 6.07) is 6.20. The number of hydrogen-bond acceptors (Lipinski definition) is 5. The van der Waals surface area contributed by atoms with Crippen molar-refractivity contribution in [3.05, 3.63) is 18.2 Å². The van der Waals surface area contributed by atoms with Crippen molar-refractivity contribution >= 4 is 22.8 Å². The van der Waals surface area contributed by atoms with E-state index in [9.17, 15) is 5.11 Å². The first-order chi connectivity index (χ1) is 8.79. The Kier molecular flexibility index (Phi) is 2.83. The van der Waals surface area contributed by atoms with Gasteiger partial charge in [-0.1, -0.05) is 6.07 Å². The molecule has 0 aliphatic carbocycles. The Balaban J connectivity index is 2.00. The largest absolute Gasteiger partial charge is 0.423 e. The van der Waals surface area contributed by atoms with Gasteiger partial charge in [0.15, 0.2) is 5.58 Å². The molecule has 3 rings (SSSR count). The number of nitrogen functional groups attached to an aromatic ring is 1. The summed E-state index contributed by atoms with van der Waals surface area (Å²) < 4.78 is 5.74. The number of aliphatic hydroxyl groups excluding tert-OH is 1. The second-order valence-corrected chi connectivity index (χ2v) is 4.72. The number of hydrogen-bond donors (Lipinski definition) is 2. The van der Waals surface area contributed by atoms with E-state index in [2.05, 4.69) is 4.98 Å². The highest BCUT2D eigenvalue weighted by atomic mass is 16.4. The van der Waals surface area contributed by atoms with Crippen LogP contribution in [0.25, 0.3) is 11.1 Å². The zero-order valence-electron chi connectivity index (χ0n) is 10.2. The van der Waals surface area contributed by atoms with Crippen LogP contribution in [0.15, 0.2) is 22.6 Å². The fourth-order valence-electron chi connectivity index (χ4n) is 2.52. The summed E-state index contributed by atoms with van der Waals surface area (Å²) in [7, 11) is 0. The van der Waals surface area contributed by atoms with Gasteiger partial charge >= 0.3 is 0 Å². The zero-order chi connectivity index (χ0) is 12.5. The minimum Gasteiger partial charge on any atom is -0.423 e. The lowest BCUT2D eigenvalue weighted by Crippen LogP contribution is -2.42. The van der Waals surface area contributed by atoms with Crippen molar-refractivity contribution in [3.63, 3.8) is 0 Å². The maximum atomic E-state index is 9.42. The Morgan fingerprint density at radius 3 is 3.11 bits per heavy atom. The Labute approximate surface area is 105 Å². The molecule has 18 heavy (non-hydrogen) atoms. The molecule has 5 nitrogen and oxygen atoms in total. The van der Waals surface area contributed by atoms with Crippen LogP contribution in [0.5, 0.6) is 0 Å². The standard InChI is InChI=1S/C13H17N3O2/c14-10-5-3-6-11-12(10)15-13(18-11)16-7-2-1-4-9(16)8-17/h3,5-6,9,17H,1-2,4,7-8,14H2. The number of oxazole rings is 1. The molecular weight excluding hydrogens is 230 g/mol. The fraction of sp³-hybridized carbons (Fsp3) is 0.462. The smallest absolute Gasteiger partial charge is 0.298 e. The van der Waals surface area contributed by atoms with Gasteiger partial charge in [0.05, 0.1) is 18.3 Å². The second kappa shape index (κ2) is 4.49. The van der Waals surface area contributed by atoms with Crippen LogP contribution in [0.1, 0.15) is 19.3 Å². The molecule has 2 heterocycles. The second-order valence-electron chi connectivity index (χ2n) is 4.72. The molecule has 0 bridgehead atoms. The number of anilines is 2.